The van der Waals surface area contributed by atoms with Crippen LogP contribution in [0.4, 0.5) is 0 Å². The van der Waals surface area contributed by atoms with Gasteiger partial charge in [-0.25, -0.2) is 9.97 Å². The first-order valence-corrected chi connectivity index (χ1v) is 8.97. The van der Waals surface area contributed by atoms with Crippen molar-refractivity contribution in [3.05, 3.63) is 77.9 Å². The van der Waals surface area contributed by atoms with Crippen LogP contribution in [-0.4, -0.2) is 26.6 Å². The highest BCUT2D eigenvalue weighted by Gasteiger charge is 2.20. The molecule has 0 aliphatic carbocycles. The zero-order valence-electron chi connectivity index (χ0n) is 14.7. The first kappa shape index (κ1) is 16.0. The average molecular weight is 358 g/mol. The predicted molar refractivity (Wildman–Crippen MR) is 99.5 cm³/mol. The maximum atomic E-state index is 5.51. The van der Waals surface area contributed by atoms with Gasteiger partial charge >= 0.3 is 0 Å². The molecule has 4 heterocycles. The van der Waals surface area contributed by atoms with Crippen molar-refractivity contribution in [3.8, 4) is 22.9 Å². The second-order valence-corrected chi connectivity index (χ2v) is 6.65. The molecule has 4 aromatic rings. The highest BCUT2D eigenvalue weighted by atomic mass is 16.5. The molecule has 1 aromatic carbocycles. The minimum absolute atomic E-state index is 0.649. The molecular formula is C21H18N4O2. The lowest BCUT2D eigenvalue weighted by Gasteiger charge is -2.27. The second-order valence-electron chi connectivity index (χ2n) is 6.65. The predicted octanol–water partition coefficient (Wildman–Crippen LogP) is 3.95. The van der Waals surface area contributed by atoms with E-state index in [1.54, 1.807) is 6.26 Å². The van der Waals surface area contributed by atoms with E-state index in [-0.39, 0.29) is 0 Å². The minimum Gasteiger partial charge on any atom is -0.461 e. The van der Waals surface area contributed by atoms with Crippen molar-refractivity contribution >= 4 is 0 Å². The molecule has 0 bridgehead atoms. The van der Waals surface area contributed by atoms with Crippen molar-refractivity contribution in [1.82, 2.24) is 20.0 Å². The van der Waals surface area contributed by atoms with Gasteiger partial charge in [-0.3, -0.25) is 4.90 Å². The first-order chi connectivity index (χ1) is 13.3. The van der Waals surface area contributed by atoms with Gasteiger partial charge in [-0.15, -0.1) is 0 Å². The van der Waals surface area contributed by atoms with Crippen LogP contribution in [0.15, 0.2) is 69.9 Å². The quantitative estimate of drug-likeness (QED) is 0.550. The van der Waals surface area contributed by atoms with E-state index in [0.717, 1.165) is 54.3 Å². The van der Waals surface area contributed by atoms with Crippen molar-refractivity contribution in [3.63, 3.8) is 0 Å². The normalized spacial score (nSPS) is 14.2. The number of benzene rings is 1. The van der Waals surface area contributed by atoms with E-state index in [1.165, 1.54) is 0 Å². The van der Waals surface area contributed by atoms with Gasteiger partial charge in [0.15, 0.2) is 17.3 Å². The molecule has 0 N–H and O–H groups in total. The zero-order chi connectivity index (χ0) is 18.1. The standard InChI is InChI=1S/C21H18N4O2/c1-2-5-15(6-3-1)20-11-17(24-27-20)14-25-9-8-18-16(13-25)12-22-21(23-18)19-7-4-10-26-19/h1-7,10-12H,8-9,13-14H2. The number of hydrogen-bond donors (Lipinski definition) is 0. The Morgan fingerprint density at radius 3 is 2.81 bits per heavy atom. The topological polar surface area (TPSA) is 68.2 Å². The Labute approximate surface area is 156 Å². The van der Waals surface area contributed by atoms with Crippen molar-refractivity contribution < 1.29 is 8.94 Å². The molecule has 6 heteroatoms. The smallest absolute Gasteiger partial charge is 0.195 e. The largest absolute Gasteiger partial charge is 0.461 e. The van der Waals surface area contributed by atoms with E-state index in [0.29, 0.717) is 11.6 Å². The summed E-state index contributed by atoms with van der Waals surface area (Å²) in [5.74, 6) is 2.15. The lowest BCUT2D eigenvalue weighted by atomic mass is 10.1. The van der Waals surface area contributed by atoms with Gasteiger partial charge in [0, 0.05) is 49.4 Å². The van der Waals surface area contributed by atoms with E-state index in [1.807, 2.05) is 54.7 Å². The highest BCUT2D eigenvalue weighted by Crippen LogP contribution is 2.24. The SMILES string of the molecule is c1ccc(-c2cc(CN3CCc4nc(-c5ccco5)ncc4C3)no2)cc1. The van der Waals surface area contributed by atoms with Gasteiger partial charge in [-0.05, 0) is 12.1 Å². The van der Waals surface area contributed by atoms with Crippen molar-refractivity contribution in [1.29, 1.82) is 0 Å². The van der Waals surface area contributed by atoms with Gasteiger partial charge in [-0.1, -0.05) is 35.5 Å². The van der Waals surface area contributed by atoms with Gasteiger partial charge in [0.2, 0.25) is 0 Å². The maximum absolute atomic E-state index is 5.51. The molecule has 1 aliphatic heterocycles. The highest BCUT2D eigenvalue weighted by molar-refractivity contribution is 5.56. The van der Waals surface area contributed by atoms with Crippen LogP contribution in [0.2, 0.25) is 0 Å². The summed E-state index contributed by atoms with van der Waals surface area (Å²) >= 11 is 0. The van der Waals surface area contributed by atoms with Crippen molar-refractivity contribution in [2.75, 3.05) is 6.54 Å². The van der Waals surface area contributed by atoms with Crippen LogP contribution in [0.5, 0.6) is 0 Å². The first-order valence-electron chi connectivity index (χ1n) is 8.97. The van der Waals surface area contributed by atoms with E-state index in [4.69, 9.17) is 8.94 Å². The van der Waals surface area contributed by atoms with Crippen LogP contribution in [0.3, 0.4) is 0 Å². The molecular weight excluding hydrogens is 340 g/mol. The van der Waals surface area contributed by atoms with E-state index in [9.17, 15) is 0 Å². The molecule has 0 saturated heterocycles. The van der Waals surface area contributed by atoms with E-state index in [2.05, 4.69) is 20.0 Å². The molecule has 0 spiro atoms. The molecule has 3 aromatic heterocycles. The summed E-state index contributed by atoms with van der Waals surface area (Å²) in [4.78, 5) is 11.5. The number of furan rings is 1. The summed E-state index contributed by atoms with van der Waals surface area (Å²) in [7, 11) is 0. The molecule has 5 rings (SSSR count). The van der Waals surface area contributed by atoms with Crippen LogP contribution >= 0.6 is 0 Å². The molecule has 27 heavy (non-hydrogen) atoms. The Morgan fingerprint density at radius 2 is 1.96 bits per heavy atom. The average Bonchev–Trinajstić information content (AvgIpc) is 3.41. The monoisotopic (exact) mass is 358 g/mol. The Morgan fingerprint density at radius 1 is 1.04 bits per heavy atom. The zero-order valence-corrected chi connectivity index (χ0v) is 14.7. The van der Waals surface area contributed by atoms with Gasteiger partial charge < -0.3 is 8.94 Å². The second kappa shape index (κ2) is 6.81. The number of fused-ring (bicyclic) bond motifs is 1. The molecule has 0 saturated carbocycles. The molecule has 6 nitrogen and oxygen atoms in total. The minimum atomic E-state index is 0.649. The summed E-state index contributed by atoms with van der Waals surface area (Å²) in [6, 6.07) is 15.8. The lowest BCUT2D eigenvalue weighted by Crippen LogP contribution is -2.31. The summed E-state index contributed by atoms with van der Waals surface area (Å²) in [5.41, 5.74) is 4.23. The van der Waals surface area contributed by atoms with E-state index >= 15 is 0 Å². The van der Waals surface area contributed by atoms with Crippen molar-refractivity contribution in [2.45, 2.75) is 19.5 Å². The summed E-state index contributed by atoms with van der Waals surface area (Å²) in [6.07, 6.45) is 4.43. The molecule has 0 amide bonds. The molecule has 0 radical (unpaired) electrons. The summed E-state index contributed by atoms with van der Waals surface area (Å²) in [5, 5.41) is 4.23. The van der Waals surface area contributed by atoms with Crippen LogP contribution in [0.1, 0.15) is 17.0 Å². The van der Waals surface area contributed by atoms with Gasteiger partial charge in [-0.2, -0.15) is 0 Å². The third-order valence-corrected chi connectivity index (χ3v) is 4.76. The van der Waals surface area contributed by atoms with Gasteiger partial charge in [0.1, 0.15) is 0 Å². The van der Waals surface area contributed by atoms with Gasteiger partial charge in [0.25, 0.3) is 0 Å². The van der Waals surface area contributed by atoms with Gasteiger partial charge in [0.05, 0.1) is 17.7 Å². The third kappa shape index (κ3) is 3.27. The van der Waals surface area contributed by atoms with Crippen LogP contribution in [0.25, 0.3) is 22.9 Å². The number of rotatable bonds is 4. The summed E-state index contributed by atoms with van der Waals surface area (Å²) in [6.45, 7) is 2.48. The molecule has 0 fully saturated rings. The van der Waals surface area contributed by atoms with Crippen molar-refractivity contribution in [2.24, 2.45) is 0 Å². The molecule has 1 aliphatic rings. The molecule has 0 unspecified atom stereocenters. The summed E-state index contributed by atoms with van der Waals surface area (Å²) < 4.78 is 10.9. The Balaban J connectivity index is 1.30. The molecule has 134 valence electrons. The van der Waals surface area contributed by atoms with Crippen LogP contribution < -0.4 is 0 Å². The number of nitrogens with zero attached hydrogens (tertiary/aromatic N) is 4. The lowest BCUT2D eigenvalue weighted by molar-refractivity contribution is 0.235. The number of aromatic nitrogens is 3. The maximum Gasteiger partial charge on any atom is 0.195 e. The van der Waals surface area contributed by atoms with E-state index < -0.39 is 0 Å². The fourth-order valence-corrected chi connectivity index (χ4v) is 3.39. The third-order valence-electron chi connectivity index (χ3n) is 4.76. The Bertz CT molecular complexity index is 1040. The Kier molecular flexibility index (Phi) is 4.03. The Hall–Kier alpha value is -3.25. The van der Waals surface area contributed by atoms with Crippen LogP contribution in [0, 0.1) is 0 Å². The van der Waals surface area contributed by atoms with Crippen LogP contribution in [-0.2, 0) is 19.5 Å². The fourth-order valence-electron chi connectivity index (χ4n) is 3.39. The fraction of sp³-hybridized carbons (Fsp3) is 0.190. The number of hydrogen-bond acceptors (Lipinski definition) is 6. The molecule has 0 atom stereocenters.